The van der Waals surface area contributed by atoms with E-state index in [4.69, 9.17) is 4.98 Å². The Morgan fingerprint density at radius 1 is 1.09 bits per heavy atom. The maximum Gasteiger partial charge on any atom is 0.237 e. The number of hydrogen-bond acceptors (Lipinski definition) is 6. The number of benzene rings is 1. The van der Waals surface area contributed by atoms with Crippen molar-refractivity contribution in [3.05, 3.63) is 60.1 Å². The van der Waals surface area contributed by atoms with Gasteiger partial charge in [-0.1, -0.05) is 6.92 Å². The molecule has 1 unspecified atom stereocenters. The smallest absolute Gasteiger partial charge is 0.237 e. The second-order valence-electron chi connectivity index (χ2n) is 8.49. The minimum atomic E-state index is -0.925. The summed E-state index contributed by atoms with van der Waals surface area (Å²) < 4.78 is 31.1. The highest BCUT2D eigenvalue weighted by atomic mass is 19.2. The van der Waals surface area contributed by atoms with Gasteiger partial charge in [-0.25, -0.2) is 18.7 Å². The molecule has 33 heavy (non-hydrogen) atoms. The molecule has 1 atom stereocenters. The molecule has 0 amide bonds. The van der Waals surface area contributed by atoms with E-state index in [1.54, 1.807) is 23.2 Å². The van der Waals surface area contributed by atoms with Gasteiger partial charge in [0.2, 0.25) is 5.95 Å². The van der Waals surface area contributed by atoms with Crippen molar-refractivity contribution in [3.63, 3.8) is 0 Å². The van der Waals surface area contributed by atoms with Crippen molar-refractivity contribution in [2.24, 2.45) is 0 Å². The number of rotatable bonds is 4. The monoisotopic (exact) mass is 448 g/mol. The van der Waals surface area contributed by atoms with E-state index in [-0.39, 0.29) is 6.04 Å². The minimum absolute atomic E-state index is 0.0696. The van der Waals surface area contributed by atoms with Crippen molar-refractivity contribution in [2.45, 2.75) is 51.6 Å². The van der Waals surface area contributed by atoms with Crippen LogP contribution in [0.25, 0.3) is 23.0 Å². The molecule has 2 aliphatic rings. The van der Waals surface area contributed by atoms with Gasteiger partial charge in [0.25, 0.3) is 0 Å². The lowest BCUT2D eigenvalue weighted by Crippen LogP contribution is -2.46. The van der Waals surface area contributed by atoms with Crippen LogP contribution in [0.4, 0.5) is 14.6 Å². The second kappa shape index (κ2) is 7.43. The molecule has 8 nitrogen and oxygen atoms in total. The highest BCUT2D eigenvalue weighted by Crippen LogP contribution is 2.44. The summed E-state index contributed by atoms with van der Waals surface area (Å²) in [6.45, 7) is 4.08. The summed E-state index contributed by atoms with van der Waals surface area (Å²) in [5.41, 5.74) is 1.29. The average molecular weight is 448 g/mol. The van der Waals surface area contributed by atoms with Gasteiger partial charge in [0.1, 0.15) is 17.3 Å². The Kier molecular flexibility index (Phi) is 4.49. The molecule has 4 heterocycles. The van der Waals surface area contributed by atoms with Crippen LogP contribution in [0.1, 0.15) is 50.3 Å². The zero-order chi connectivity index (χ0) is 22.7. The van der Waals surface area contributed by atoms with Crippen LogP contribution in [-0.4, -0.2) is 40.3 Å². The van der Waals surface area contributed by atoms with Crippen molar-refractivity contribution < 1.29 is 8.78 Å². The number of aryl methyl sites for hydroxylation is 1. The van der Waals surface area contributed by atoms with Crippen LogP contribution in [-0.2, 0) is 0 Å². The number of fused-ring (bicyclic) bond motifs is 3. The van der Waals surface area contributed by atoms with Crippen molar-refractivity contribution in [3.8, 4) is 23.0 Å². The summed E-state index contributed by atoms with van der Waals surface area (Å²) in [6.07, 6.45) is 9.38. The lowest BCUT2D eigenvalue weighted by Gasteiger charge is -2.45. The minimum Gasteiger partial charge on any atom is -0.341 e. The van der Waals surface area contributed by atoms with Gasteiger partial charge < -0.3 is 4.90 Å². The molecule has 3 aromatic heterocycles. The number of hydrogen-bond donors (Lipinski definition) is 0. The molecule has 0 spiro atoms. The molecular formula is C23H22F2N8. The molecule has 1 aliphatic heterocycles. The van der Waals surface area contributed by atoms with E-state index < -0.39 is 11.6 Å². The van der Waals surface area contributed by atoms with Crippen molar-refractivity contribution in [1.82, 2.24) is 34.3 Å². The van der Waals surface area contributed by atoms with Crippen molar-refractivity contribution in [2.75, 3.05) is 4.90 Å². The summed E-state index contributed by atoms with van der Waals surface area (Å²) in [4.78, 5) is 16.3. The first-order chi connectivity index (χ1) is 16.1. The largest absolute Gasteiger partial charge is 0.341 e. The summed E-state index contributed by atoms with van der Waals surface area (Å²) in [7, 11) is 0. The third-order valence-corrected chi connectivity index (χ3v) is 6.60. The number of imidazole rings is 1. The van der Waals surface area contributed by atoms with Crippen LogP contribution < -0.4 is 4.90 Å². The number of anilines is 1. The third kappa shape index (κ3) is 2.96. The lowest BCUT2D eigenvalue weighted by molar-refractivity contribution is 0.341. The van der Waals surface area contributed by atoms with Gasteiger partial charge in [-0.2, -0.15) is 4.98 Å². The first-order valence-corrected chi connectivity index (χ1v) is 11.1. The van der Waals surface area contributed by atoms with E-state index in [1.807, 2.05) is 11.5 Å². The Morgan fingerprint density at radius 3 is 2.67 bits per heavy atom. The molecule has 1 saturated carbocycles. The maximum atomic E-state index is 13.9. The molecule has 1 aliphatic carbocycles. The Labute approximate surface area is 189 Å². The first kappa shape index (κ1) is 20.0. The normalized spacial score (nSPS) is 17.6. The number of halogens is 2. The van der Waals surface area contributed by atoms with Gasteiger partial charge in [0.15, 0.2) is 23.3 Å². The molecule has 4 aromatic rings. The van der Waals surface area contributed by atoms with Crippen LogP contribution >= 0.6 is 0 Å². The fourth-order valence-electron chi connectivity index (χ4n) is 4.77. The topological polar surface area (TPSA) is 77.5 Å². The quantitative estimate of drug-likeness (QED) is 0.463. The zero-order valence-electron chi connectivity index (χ0n) is 18.3. The van der Waals surface area contributed by atoms with Crippen LogP contribution in [0.15, 0.2) is 36.8 Å². The molecule has 0 saturated heterocycles. The number of nitrogens with zero attached hydrogens (tertiary/aromatic N) is 8. The van der Waals surface area contributed by atoms with Gasteiger partial charge in [0.05, 0.1) is 12.2 Å². The molecule has 0 bridgehead atoms. The predicted molar refractivity (Wildman–Crippen MR) is 117 cm³/mol. The molecule has 0 N–H and O–H groups in total. The van der Waals surface area contributed by atoms with Gasteiger partial charge in [-0.05, 0) is 50.8 Å². The second-order valence-corrected chi connectivity index (χ2v) is 8.49. The van der Waals surface area contributed by atoms with Crippen LogP contribution in [0.5, 0.6) is 0 Å². The van der Waals surface area contributed by atoms with Crippen molar-refractivity contribution >= 4 is 5.82 Å². The van der Waals surface area contributed by atoms with Gasteiger partial charge in [0, 0.05) is 24.0 Å². The van der Waals surface area contributed by atoms with Crippen LogP contribution in [0.2, 0.25) is 0 Å². The van der Waals surface area contributed by atoms with Gasteiger partial charge in [-0.15, -0.1) is 10.2 Å². The summed E-state index contributed by atoms with van der Waals surface area (Å²) in [5.74, 6) is 1.56. The summed E-state index contributed by atoms with van der Waals surface area (Å²) in [6, 6.07) is 4.18. The SMILES string of the molecule is CCC1c2nnc(C)n2-c2cnc(-n3ccnc3-c3ccc(F)c(F)c3)nc2N1C1CCC1. The Morgan fingerprint density at radius 2 is 1.94 bits per heavy atom. The van der Waals surface area contributed by atoms with E-state index in [9.17, 15) is 8.78 Å². The Hall–Kier alpha value is -3.69. The third-order valence-electron chi connectivity index (χ3n) is 6.60. The van der Waals surface area contributed by atoms with E-state index in [0.717, 1.165) is 54.5 Å². The van der Waals surface area contributed by atoms with Crippen LogP contribution in [0, 0.1) is 18.6 Å². The average Bonchev–Trinajstić information content (AvgIpc) is 3.42. The van der Waals surface area contributed by atoms with E-state index in [0.29, 0.717) is 23.4 Å². The highest BCUT2D eigenvalue weighted by molar-refractivity contribution is 5.64. The fourth-order valence-corrected chi connectivity index (χ4v) is 4.77. The Balaban J connectivity index is 1.51. The van der Waals surface area contributed by atoms with E-state index in [2.05, 4.69) is 32.0 Å². The molecular weight excluding hydrogens is 426 g/mol. The lowest BCUT2D eigenvalue weighted by atomic mass is 9.89. The summed E-state index contributed by atoms with van der Waals surface area (Å²) >= 11 is 0. The molecule has 6 rings (SSSR count). The molecule has 10 heteroatoms. The molecule has 1 aromatic carbocycles. The van der Waals surface area contributed by atoms with E-state index in [1.165, 1.54) is 12.5 Å². The fraction of sp³-hybridized carbons (Fsp3) is 0.348. The van der Waals surface area contributed by atoms with Gasteiger partial charge >= 0.3 is 0 Å². The first-order valence-electron chi connectivity index (χ1n) is 11.1. The van der Waals surface area contributed by atoms with Crippen LogP contribution in [0.3, 0.4) is 0 Å². The molecule has 168 valence electrons. The molecule has 1 fully saturated rings. The van der Waals surface area contributed by atoms with Gasteiger partial charge in [-0.3, -0.25) is 9.13 Å². The highest BCUT2D eigenvalue weighted by Gasteiger charge is 2.40. The molecule has 0 radical (unpaired) electrons. The Bertz CT molecular complexity index is 1360. The van der Waals surface area contributed by atoms with Crippen molar-refractivity contribution in [1.29, 1.82) is 0 Å². The number of aromatic nitrogens is 7. The summed E-state index contributed by atoms with van der Waals surface area (Å²) in [5, 5.41) is 8.80. The maximum absolute atomic E-state index is 13.9. The standard InChI is InChI=1S/C23H22F2N8/c1-3-18-22-30-29-13(2)32(22)19-12-27-23(28-21(19)33(18)15-5-4-6-15)31-10-9-26-20(31)14-7-8-16(24)17(25)11-14/h7-12,15,18H,3-6H2,1-2H3. The predicted octanol–water partition coefficient (Wildman–Crippen LogP) is 4.32. The van der Waals surface area contributed by atoms with E-state index >= 15 is 0 Å². The zero-order valence-corrected chi connectivity index (χ0v) is 18.3.